The van der Waals surface area contributed by atoms with Crippen LogP contribution < -0.4 is 5.32 Å². The monoisotopic (exact) mass is 438 g/mol. The number of pyridine rings is 1. The minimum atomic E-state index is -0.849. The number of allylic oxidation sites excluding steroid dienone is 2. The lowest BCUT2D eigenvalue weighted by Gasteiger charge is -2.41. The first-order chi connectivity index (χ1) is 15.5. The van der Waals surface area contributed by atoms with E-state index in [0.29, 0.717) is 32.5 Å². The lowest BCUT2D eigenvalue weighted by molar-refractivity contribution is -0.139. The molecule has 1 N–H and O–H groups in total. The first kappa shape index (κ1) is 22.5. The van der Waals surface area contributed by atoms with Gasteiger partial charge in [0.1, 0.15) is 5.54 Å². The number of rotatable bonds is 7. The van der Waals surface area contributed by atoms with Crippen LogP contribution in [0, 0.1) is 11.8 Å². The number of urea groups is 1. The van der Waals surface area contributed by atoms with Crippen molar-refractivity contribution in [2.24, 2.45) is 11.8 Å². The fraction of sp³-hybridized carbons (Fsp3) is 0.600. The normalized spacial score (nSPS) is 26.5. The molecule has 0 bridgehead atoms. The largest absolute Gasteiger partial charge is 0.342 e. The number of likely N-dealkylation sites (tertiary alicyclic amines) is 1. The third kappa shape index (κ3) is 4.43. The molecule has 1 aromatic rings. The zero-order valence-corrected chi connectivity index (χ0v) is 19.0. The number of carbonyl (C=O) groups is 3. The molecule has 172 valence electrons. The average molecular weight is 439 g/mol. The third-order valence-corrected chi connectivity index (χ3v) is 7.29. The number of aromatic nitrogens is 1. The van der Waals surface area contributed by atoms with E-state index in [-0.39, 0.29) is 29.7 Å². The summed E-state index contributed by atoms with van der Waals surface area (Å²) in [5, 5.41) is 3.09. The Bertz CT molecular complexity index is 863. The van der Waals surface area contributed by atoms with Gasteiger partial charge in [-0.3, -0.25) is 19.5 Å². The predicted molar refractivity (Wildman–Crippen MR) is 122 cm³/mol. The molecule has 7 nitrogen and oxygen atoms in total. The molecular formula is C25H34N4O3. The van der Waals surface area contributed by atoms with E-state index in [2.05, 4.69) is 22.5 Å². The zero-order chi connectivity index (χ0) is 22.6. The highest BCUT2D eigenvalue weighted by Crippen LogP contribution is 2.37. The summed E-state index contributed by atoms with van der Waals surface area (Å²) in [6, 6.07) is 5.37. The maximum Gasteiger partial charge on any atom is 0.325 e. The standard InChI is InChI=1S/C25H34N4O3/c1-2-14-25(20-11-16-28(17-12-20)22(30)19-8-4-3-5-9-19)23(31)29(24(32)27-25)18-13-21-10-6-7-15-26-21/h3-4,6-7,10,15,19-20H,2,5,8-9,11-14,16-18H2,1H3,(H,27,32)/t19-,25-/m1/s1. The smallest absolute Gasteiger partial charge is 0.325 e. The molecule has 2 aliphatic heterocycles. The molecule has 0 radical (unpaired) electrons. The molecule has 2 fully saturated rings. The number of piperidine rings is 1. The van der Waals surface area contributed by atoms with E-state index >= 15 is 0 Å². The van der Waals surface area contributed by atoms with Crippen LogP contribution in [-0.2, 0) is 16.0 Å². The van der Waals surface area contributed by atoms with Crippen molar-refractivity contribution in [1.82, 2.24) is 20.1 Å². The van der Waals surface area contributed by atoms with Crippen LogP contribution in [0.25, 0.3) is 0 Å². The minimum absolute atomic E-state index is 0.0500. The van der Waals surface area contributed by atoms with Gasteiger partial charge in [0.2, 0.25) is 5.91 Å². The van der Waals surface area contributed by atoms with Gasteiger partial charge in [0, 0.05) is 43.9 Å². The first-order valence-electron chi connectivity index (χ1n) is 12.0. The first-order valence-corrected chi connectivity index (χ1v) is 12.0. The van der Waals surface area contributed by atoms with Crippen molar-refractivity contribution in [1.29, 1.82) is 0 Å². The fourth-order valence-corrected chi connectivity index (χ4v) is 5.53. The van der Waals surface area contributed by atoms with Crippen LogP contribution in [0.5, 0.6) is 0 Å². The highest BCUT2D eigenvalue weighted by molar-refractivity contribution is 6.07. The molecule has 0 unspecified atom stereocenters. The molecule has 0 aromatic carbocycles. The number of nitrogens with zero attached hydrogens (tertiary/aromatic N) is 3. The molecular weight excluding hydrogens is 404 g/mol. The molecule has 2 saturated heterocycles. The molecule has 0 spiro atoms. The maximum atomic E-state index is 13.5. The Morgan fingerprint density at radius 1 is 1.19 bits per heavy atom. The second-order valence-electron chi connectivity index (χ2n) is 9.26. The number of carbonyl (C=O) groups excluding carboxylic acids is 3. The Morgan fingerprint density at radius 3 is 2.66 bits per heavy atom. The van der Waals surface area contributed by atoms with Crippen LogP contribution in [-0.4, -0.2) is 57.8 Å². The Hall–Kier alpha value is -2.70. The zero-order valence-electron chi connectivity index (χ0n) is 19.0. The summed E-state index contributed by atoms with van der Waals surface area (Å²) in [5.74, 6) is 0.281. The summed E-state index contributed by atoms with van der Waals surface area (Å²) in [6.45, 7) is 3.70. The van der Waals surface area contributed by atoms with E-state index in [1.165, 1.54) is 4.90 Å². The number of imide groups is 1. The third-order valence-electron chi connectivity index (χ3n) is 7.29. The van der Waals surface area contributed by atoms with E-state index in [9.17, 15) is 14.4 Å². The van der Waals surface area contributed by atoms with Crippen molar-refractivity contribution >= 4 is 17.8 Å². The summed E-state index contributed by atoms with van der Waals surface area (Å²) in [7, 11) is 0. The van der Waals surface area contributed by atoms with Crippen LogP contribution in [0.1, 0.15) is 57.6 Å². The van der Waals surface area contributed by atoms with E-state index in [0.717, 1.165) is 44.2 Å². The molecule has 1 aliphatic carbocycles. The fourth-order valence-electron chi connectivity index (χ4n) is 5.53. The quantitative estimate of drug-likeness (QED) is 0.523. The molecule has 32 heavy (non-hydrogen) atoms. The molecule has 3 heterocycles. The van der Waals surface area contributed by atoms with Crippen molar-refractivity contribution in [3.05, 3.63) is 42.2 Å². The molecule has 4 rings (SSSR count). The van der Waals surface area contributed by atoms with Gasteiger partial charge in [-0.15, -0.1) is 0 Å². The molecule has 3 aliphatic rings. The number of amides is 4. The lowest BCUT2D eigenvalue weighted by Crippen LogP contribution is -2.57. The van der Waals surface area contributed by atoms with Crippen LogP contribution in [0.3, 0.4) is 0 Å². The number of nitrogens with one attached hydrogen (secondary N) is 1. The molecule has 0 saturated carbocycles. The van der Waals surface area contributed by atoms with Crippen LogP contribution >= 0.6 is 0 Å². The van der Waals surface area contributed by atoms with Gasteiger partial charge in [0.25, 0.3) is 5.91 Å². The van der Waals surface area contributed by atoms with Crippen LogP contribution in [0.4, 0.5) is 4.79 Å². The topological polar surface area (TPSA) is 82.6 Å². The summed E-state index contributed by atoms with van der Waals surface area (Å²) in [5.41, 5.74) is 0.0176. The van der Waals surface area contributed by atoms with Crippen molar-refractivity contribution in [2.75, 3.05) is 19.6 Å². The van der Waals surface area contributed by atoms with Crippen LogP contribution in [0.2, 0.25) is 0 Å². The second-order valence-corrected chi connectivity index (χ2v) is 9.26. The minimum Gasteiger partial charge on any atom is -0.342 e. The van der Waals surface area contributed by atoms with Gasteiger partial charge in [-0.2, -0.15) is 0 Å². The molecule has 1 aromatic heterocycles. The van der Waals surface area contributed by atoms with E-state index in [1.807, 2.05) is 30.0 Å². The Kier molecular flexibility index (Phi) is 6.92. The Morgan fingerprint density at radius 2 is 2.00 bits per heavy atom. The molecule has 2 atom stereocenters. The second kappa shape index (κ2) is 9.84. The van der Waals surface area contributed by atoms with E-state index < -0.39 is 5.54 Å². The van der Waals surface area contributed by atoms with Crippen LogP contribution in [0.15, 0.2) is 36.5 Å². The predicted octanol–water partition coefficient (Wildman–Crippen LogP) is 3.31. The average Bonchev–Trinajstić information content (AvgIpc) is 3.08. The number of hydrogen-bond acceptors (Lipinski definition) is 4. The van der Waals surface area contributed by atoms with Gasteiger partial charge < -0.3 is 10.2 Å². The van der Waals surface area contributed by atoms with Crippen molar-refractivity contribution < 1.29 is 14.4 Å². The Balaban J connectivity index is 1.41. The van der Waals surface area contributed by atoms with E-state index in [1.54, 1.807) is 6.20 Å². The van der Waals surface area contributed by atoms with E-state index in [4.69, 9.17) is 0 Å². The highest BCUT2D eigenvalue weighted by atomic mass is 16.2. The van der Waals surface area contributed by atoms with Gasteiger partial charge in [-0.1, -0.05) is 31.6 Å². The molecule has 4 amide bonds. The maximum absolute atomic E-state index is 13.5. The van der Waals surface area contributed by atoms with Crippen molar-refractivity contribution in [3.8, 4) is 0 Å². The summed E-state index contributed by atoms with van der Waals surface area (Å²) < 4.78 is 0. The summed E-state index contributed by atoms with van der Waals surface area (Å²) in [6.07, 6.45) is 12.2. The summed E-state index contributed by atoms with van der Waals surface area (Å²) in [4.78, 5) is 46.9. The van der Waals surface area contributed by atoms with Crippen molar-refractivity contribution in [3.63, 3.8) is 0 Å². The van der Waals surface area contributed by atoms with Gasteiger partial charge in [0.05, 0.1) is 0 Å². The van der Waals surface area contributed by atoms with Crippen molar-refractivity contribution in [2.45, 2.75) is 63.8 Å². The Labute approximate surface area is 190 Å². The SMILES string of the molecule is CCC[C@]1(C2CCN(C(=O)[C@@H]3CC=CCC3)CC2)NC(=O)N(CCc2ccccn2)C1=O. The van der Waals surface area contributed by atoms with Gasteiger partial charge in [-0.25, -0.2) is 4.79 Å². The van der Waals surface area contributed by atoms with Gasteiger partial charge in [0.15, 0.2) is 0 Å². The summed E-state index contributed by atoms with van der Waals surface area (Å²) >= 11 is 0. The number of hydrogen-bond donors (Lipinski definition) is 1. The lowest BCUT2D eigenvalue weighted by atomic mass is 9.74. The van der Waals surface area contributed by atoms with Gasteiger partial charge >= 0.3 is 6.03 Å². The molecule has 7 heteroatoms. The van der Waals surface area contributed by atoms with Gasteiger partial charge in [-0.05, 0) is 56.6 Å². The highest BCUT2D eigenvalue weighted by Gasteiger charge is 2.55.